The van der Waals surface area contributed by atoms with Crippen LogP contribution >= 0.6 is 0 Å². The van der Waals surface area contributed by atoms with Gasteiger partial charge in [0.25, 0.3) is 0 Å². The molecule has 1 heterocycles. The fraction of sp³-hybridized carbons (Fsp3) is 0.429. The molecule has 2 N–H and O–H groups in total. The van der Waals surface area contributed by atoms with Gasteiger partial charge in [-0.2, -0.15) is 18.3 Å². The Hall–Kier alpha value is -3.57. The summed E-state index contributed by atoms with van der Waals surface area (Å²) in [5, 5.41) is 8.75. The van der Waals surface area contributed by atoms with Crippen molar-refractivity contribution in [2.24, 2.45) is 5.92 Å². The largest absolute Gasteiger partial charge is 0.462 e. The maximum absolute atomic E-state index is 13.6. The van der Waals surface area contributed by atoms with Crippen LogP contribution in [0, 0.1) is 5.92 Å². The Morgan fingerprint density at radius 3 is 2.30 bits per heavy atom. The van der Waals surface area contributed by atoms with E-state index in [1.54, 1.807) is 0 Å². The monoisotopic (exact) mass is 470 g/mol. The summed E-state index contributed by atoms with van der Waals surface area (Å²) in [6, 6.07) is 4.50. The van der Waals surface area contributed by atoms with Crippen LogP contribution in [0.3, 0.4) is 0 Å². The molecule has 0 saturated carbocycles. The van der Waals surface area contributed by atoms with Crippen molar-refractivity contribution in [2.45, 2.75) is 39.4 Å². The molecule has 1 aromatic carbocycles. The van der Waals surface area contributed by atoms with Crippen molar-refractivity contribution in [1.82, 2.24) is 15.1 Å². The number of alkyl carbamates (subject to hydrolysis) is 1. The summed E-state index contributed by atoms with van der Waals surface area (Å²) in [5.74, 6) is -1.55. The van der Waals surface area contributed by atoms with E-state index in [0.717, 1.165) is 6.20 Å². The van der Waals surface area contributed by atoms with E-state index in [4.69, 9.17) is 0 Å². The Morgan fingerprint density at radius 2 is 1.79 bits per heavy atom. The molecule has 33 heavy (non-hydrogen) atoms. The van der Waals surface area contributed by atoms with Crippen LogP contribution in [0.15, 0.2) is 30.5 Å². The van der Waals surface area contributed by atoms with Gasteiger partial charge in [0, 0.05) is 5.69 Å². The van der Waals surface area contributed by atoms with Crippen LogP contribution < -0.4 is 10.6 Å². The van der Waals surface area contributed by atoms with Crippen LogP contribution in [0.4, 0.5) is 23.7 Å². The van der Waals surface area contributed by atoms with Crippen LogP contribution in [-0.2, 0) is 20.4 Å². The number of esters is 1. The van der Waals surface area contributed by atoms with E-state index >= 15 is 0 Å². The first-order valence-corrected chi connectivity index (χ1v) is 10.1. The zero-order valence-corrected chi connectivity index (χ0v) is 18.5. The molecule has 2 aromatic rings. The highest BCUT2D eigenvalue weighted by Crippen LogP contribution is 2.34. The van der Waals surface area contributed by atoms with Gasteiger partial charge >= 0.3 is 18.2 Å². The van der Waals surface area contributed by atoms with Crippen LogP contribution in [-0.4, -0.2) is 47.5 Å². The molecule has 1 atom stereocenters. The summed E-state index contributed by atoms with van der Waals surface area (Å²) in [4.78, 5) is 36.0. The standard InChI is InChI=1S/C21H25F3N4O5/c1-5-33-19(30)15-11-25-28(17(15)21(22,23)24)14-8-6-13(7-9-14)26-18(29)16(10-12(2)3)27-20(31)32-4/h6-9,11-12,16H,5,10H2,1-4H3,(H,26,29)(H,27,31). The highest BCUT2D eigenvalue weighted by Gasteiger charge is 2.41. The predicted octanol–water partition coefficient (Wildman–Crippen LogP) is 3.78. The lowest BCUT2D eigenvalue weighted by Gasteiger charge is -2.19. The molecule has 2 rings (SSSR count). The van der Waals surface area contributed by atoms with Gasteiger partial charge in [0.05, 0.1) is 25.6 Å². The quantitative estimate of drug-likeness (QED) is 0.568. The van der Waals surface area contributed by atoms with Gasteiger partial charge in [-0.05, 0) is 43.5 Å². The number of hydrogen-bond donors (Lipinski definition) is 2. The molecule has 9 nitrogen and oxygen atoms in total. The average Bonchev–Trinajstić information content (AvgIpc) is 3.19. The predicted molar refractivity (Wildman–Crippen MR) is 112 cm³/mol. The number of aromatic nitrogens is 2. The number of anilines is 1. The Kier molecular flexibility index (Phi) is 8.44. The van der Waals surface area contributed by atoms with Gasteiger partial charge in [-0.1, -0.05) is 13.8 Å². The first kappa shape index (κ1) is 25.7. The molecule has 0 aliphatic rings. The fourth-order valence-corrected chi connectivity index (χ4v) is 2.99. The Bertz CT molecular complexity index is 987. The Morgan fingerprint density at radius 1 is 1.15 bits per heavy atom. The number of carbonyl (C=O) groups is 3. The van der Waals surface area contributed by atoms with Crippen LogP contribution in [0.1, 0.15) is 43.2 Å². The molecular formula is C21H25F3N4O5. The van der Waals surface area contributed by atoms with Gasteiger partial charge in [0.1, 0.15) is 11.6 Å². The molecule has 0 aliphatic carbocycles. The van der Waals surface area contributed by atoms with E-state index in [1.165, 1.54) is 38.3 Å². The van der Waals surface area contributed by atoms with Gasteiger partial charge in [-0.25, -0.2) is 14.3 Å². The van der Waals surface area contributed by atoms with Crippen LogP contribution in [0.2, 0.25) is 0 Å². The van der Waals surface area contributed by atoms with Gasteiger partial charge in [0.2, 0.25) is 5.91 Å². The van der Waals surface area contributed by atoms with E-state index in [-0.39, 0.29) is 23.9 Å². The van der Waals surface area contributed by atoms with E-state index in [0.29, 0.717) is 11.1 Å². The Balaban J connectivity index is 2.27. The van der Waals surface area contributed by atoms with Crippen molar-refractivity contribution in [3.8, 4) is 5.69 Å². The van der Waals surface area contributed by atoms with Gasteiger partial charge in [-0.15, -0.1) is 0 Å². The molecule has 0 spiro atoms. The molecule has 0 radical (unpaired) electrons. The minimum Gasteiger partial charge on any atom is -0.462 e. The molecule has 1 unspecified atom stereocenters. The summed E-state index contributed by atoms with van der Waals surface area (Å²) in [6.07, 6.45) is -4.49. The highest BCUT2D eigenvalue weighted by molar-refractivity contribution is 5.96. The van der Waals surface area contributed by atoms with Crippen molar-refractivity contribution < 1.29 is 37.0 Å². The number of benzene rings is 1. The maximum Gasteiger partial charge on any atom is 0.434 e. The molecular weight excluding hydrogens is 445 g/mol. The van der Waals surface area contributed by atoms with Crippen LogP contribution in [0.25, 0.3) is 5.69 Å². The second-order valence-electron chi connectivity index (χ2n) is 7.39. The minimum absolute atomic E-state index is 0.0160. The SMILES string of the molecule is CCOC(=O)c1cnn(-c2ccc(NC(=O)C(CC(C)C)NC(=O)OC)cc2)c1C(F)(F)F. The summed E-state index contributed by atoms with van der Waals surface area (Å²) in [5.41, 5.74) is -1.66. The lowest BCUT2D eigenvalue weighted by atomic mass is 10.0. The number of halogens is 3. The molecule has 180 valence electrons. The number of amides is 2. The molecule has 0 saturated heterocycles. The third-order valence-electron chi connectivity index (χ3n) is 4.41. The van der Waals surface area contributed by atoms with Gasteiger partial charge < -0.3 is 20.1 Å². The van der Waals surface area contributed by atoms with Crippen LogP contribution in [0.5, 0.6) is 0 Å². The number of ether oxygens (including phenoxy) is 2. The molecule has 12 heteroatoms. The first-order chi connectivity index (χ1) is 15.5. The number of nitrogens with zero attached hydrogens (tertiary/aromatic N) is 2. The first-order valence-electron chi connectivity index (χ1n) is 10.1. The van der Waals surface area contributed by atoms with Gasteiger partial charge in [0.15, 0.2) is 5.69 Å². The molecule has 2 amide bonds. The third-order valence-corrected chi connectivity index (χ3v) is 4.41. The third kappa shape index (κ3) is 6.70. The van der Waals surface area contributed by atoms with E-state index in [9.17, 15) is 27.6 Å². The summed E-state index contributed by atoms with van der Waals surface area (Å²) in [7, 11) is 1.18. The number of alkyl halides is 3. The molecule has 0 bridgehead atoms. The maximum atomic E-state index is 13.6. The number of methoxy groups -OCH3 is 1. The number of rotatable bonds is 8. The molecule has 1 aromatic heterocycles. The summed E-state index contributed by atoms with van der Waals surface area (Å²) < 4.78 is 50.7. The smallest absolute Gasteiger partial charge is 0.434 e. The van der Waals surface area contributed by atoms with E-state index in [2.05, 4.69) is 25.2 Å². The average molecular weight is 470 g/mol. The second-order valence-corrected chi connectivity index (χ2v) is 7.39. The fourth-order valence-electron chi connectivity index (χ4n) is 2.99. The van der Waals surface area contributed by atoms with Crippen molar-refractivity contribution >= 4 is 23.7 Å². The highest BCUT2D eigenvalue weighted by atomic mass is 19.4. The topological polar surface area (TPSA) is 112 Å². The normalized spacial score (nSPS) is 12.2. The molecule has 0 aliphatic heterocycles. The summed E-state index contributed by atoms with van der Waals surface area (Å²) in [6.45, 7) is 5.15. The van der Waals surface area contributed by atoms with Crippen molar-refractivity contribution in [3.05, 3.63) is 41.7 Å². The zero-order valence-electron chi connectivity index (χ0n) is 18.5. The second kappa shape index (κ2) is 10.8. The lowest BCUT2D eigenvalue weighted by molar-refractivity contribution is -0.143. The van der Waals surface area contributed by atoms with E-state index in [1.807, 2.05) is 13.8 Å². The van der Waals surface area contributed by atoms with Gasteiger partial charge in [-0.3, -0.25) is 4.79 Å². The van der Waals surface area contributed by atoms with Crippen molar-refractivity contribution in [1.29, 1.82) is 0 Å². The lowest BCUT2D eigenvalue weighted by Crippen LogP contribution is -2.44. The minimum atomic E-state index is -4.87. The number of carbonyl (C=O) groups excluding carboxylic acids is 3. The molecule has 0 fully saturated rings. The number of hydrogen-bond acceptors (Lipinski definition) is 6. The number of nitrogens with one attached hydrogen (secondary N) is 2. The summed E-state index contributed by atoms with van der Waals surface area (Å²) >= 11 is 0. The zero-order chi connectivity index (χ0) is 24.8. The van der Waals surface area contributed by atoms with Crippen molar-refractivity contribution in [2.75, 3.05) is 19.0 Å². The van der Waals surface area contributed by atoms with Crippen molar-refractivity contribution in [3.63, 3.8) is 0 Å². The van der Waals surface area contributed by atoms with E-state index < -0.39 is 41.4 Å². The Labute approximate surface area is 188 Å².